The lowest BCUT2D eigenvalue weighted by atomic mass is 10.1. The number of hydrogen-bond donors (Lipinski definition) is 2. The number of carbonyl (C=O) groups is 1. The maximum Gasteiger partial charge on any atom is 0.472 e. The molecule has 9 heteroatoms. The summed E-state index contributed by atoms with van der Waals surface area (Å²) in [7, 11) is -4.28. The molecule has 8 nitrogen and oxygen atoms in total. The summed E-state index contributed by atoms with van der Waals surface area (Å²) in [6.45, 7) is 4.77. The standard InChI is InChI=1S/C39H72NO7P/c1-3-5-7-9-11-13-15-17-18-19-21-23-25-27-29-31-34-44-36-38(37-46-48(42,43)45-35-33-40)47-39(41)32-30-28-26-24-22-20-16-14-12-10-8-6-4-2/h8,10-11,13-14,16-18,38H,3-7,9,12,15,19-37,40H2,1-2H3,(H,42,43)/b10-8-,13-11-,16-14-,18-17-. The number of phosphoric acid groups is 1. The molecule has 0 aliphatic rings. The minimum absolute atomic E-state index is 0.0943. The van der Waals surface area contributed by atoms with E-state index in [9.17, 15) is 14.3 Å². The number of phosphoric ester groups is 1. The van der Waals surface area contributed by atoms with Crippen molar-refractivity contribution in [1.82, 2.24) is 0 Å². The number of rotatable bonds is 36. The maximum atomic E-state index is 12.5. The van der Waals surface area contributed by atoms with Crippen molar-refractivity contribution in [2.75, 3.05) is 33.0 Å². The molecule has 2 unspecified atom stereocenters. The van der Waals surface area contributed by atoms with Crippen LogP contribution in [0.2, 0.25) is 0 Å². The SMILES string of the molecule is CCC/C=C\C/C=C\CCCCCCCC(=O)OC(COCCCCCCCC/C=C\C/C=C\CCCCC)COP(=O)(O)OCCN. The van der Waals surface area contributed by atoms with Crippen molar-refractivity contribution in [3.8, 4) is 0 Å². The number of carbonyl (C=O) groups excluding carboxylic acids is 1. The highest BCUT2D eigenvalue weighted by molar-refractivity contribution is 7.47. The first-order valence-corrected chi connectivity index (χ1v) is 20.6. The lowest BCUT2D eigenvalue weighted by Crippen LogP contribution is -2.28. The molecule has 0 aliphatic carbocycles. The molecule has 2 atom stereocenters. The van der Waals surface area contributed by atoms with E-state index in [-0.39, 0.29) is 32.3 Å². The zero-order chi connectivity index (χ0) is 35.2. The van der Waals surface area contributed by atoms with E-state index in [0.29, 0.717) is 13.0 Å². The van der Waals surface area contributed by atoms with Gasteiger partial charge in [0.2, 0.25) is 0 Å². The molecule has 0 heterocycles. The highest BCUT2D eigenvalue weighted by Crippen LogP contribution is 2.43. The van der Waals surface area contributed by atoms with Gasteiger partial charge >= 0.3 is 13.8 Å². The van der Waals surface area contributed by atoms with Gasteiger partial charge in [-0.3, -0.25) is 13.8 Å². The molecule has 0 rings (SSSR count). The maximum absolute atomic E-state index is 12.5. The largest absolute Gasteiger partial charge is 0.472 e. The van der Waals surface area contributed by atoms with Gasteiger partial charge in [0.25, 0.3) is 0 Å². The van der Waals surface area contributed by atoms with Crippen molar-refractivity contribution in [2.24, 2.45) is 5.73 Å². The Labute approximate surface area is 294 Å². The molecule has 0 saturated carbocycles. The lowest BCUT2D eigenvalue weighted by Gasteiger charge is -2.20. The van der Waals surface area contributed by atoms with Crippen LogP contribution in [-0.2, 0) is 27.9 Å². The van der Waals surface area contributed by atoms with Crippen LogP contribution in [0.1, 0.15) is 155 Å². The Morgan fingerprint density at radius 3 is 1.71 bits per heavy atom. The van der Waals surface area contributed by atoms with E-state index in [1.165, 1.54) is 51.4 Å². The summed E-state index contributed by atoms with van der Waals surface area (Å²) in [5, 5.41) is 0. The average molecular weight is 698 g/mol. The Bertz CT molecular complexity index is 874. The van der Waals surface area contributed by atoms with Gasteiger partial charge in [0.1, 0.15) is 6.10 Å². The van der Waals surface area contributed by atoms with Crippen LogP contribution in [0.5, 0.6) is 0 Å². The van der Waals surface area contributed by atoms with Gasteiger partial charge in [-0.05, 0) is 70.6 Å². The Hall–Kier alpha value is -1.54. The molecule has 0 radical (unpaired) electrons. The Kier molecular flexibility index (Phi) is 35.6. The van der Waals surface area contributed by atoms with E-state index >= 15 is 0 Å². The molecule has 0 saturated heterocycles. The summed E-state index contributed by atoms with van der Waals surface area (Å²) >= 11 is 0. The minimum Gasteiger partial charge on any atom is -0.457 e. The second-order valence-corrected chi connectivity index (χ2v) is 13.9. The van der Waals surface area contributed by atoms with E-state index in [1.54, 1.807) is 0 Å². The van der Waals surface area contributed by atoms with Crippen molar-refractivity contribution in [3.63, 3.8) is 0 Å². The first kappa shape index (κ1) is 46.5. The van der Waals surface area contributed by atoms with E-state index in [4.69, 9.17) is 24.3 Å². The average Bonchev–Trinajstić information content (AvgIpc) is 3.07. The predicted molar refractivity (Wildman–Crippen MR) is 201 cm³/mol. The van der Waals surface area contributed by atoms with Gasteiger partial charge in [-0.15, -0.1) is 0 Å². The fourth-order valence-corrected chi connectivity index (χ4v) is 5.65. The third kappa shape index (κ3) is 35.8. The van der Waals surface area contributed by atoms with Gasteiger partial charge in [-0.2, -0.15) is 0 Å². The lowest BCUT2D eigenvalue weighted by molar-refractivity contribution is -0.154. The quantitative estimate of drug-likeness (QED) is 0.0287. The topological polar surface area (TPSA) is 117 Å². The number of unbranched alkanes of at least 4 members (excludes halogenated alkanes) is 15. The molecular formula is C39H72NO7P. The third-order valence-electron chi connectivity index (χ3n) is 7.70. The van der Waals surface area contributed by atoms with Crippen LogP contribution < -0.4 is 5.73 Å². The van der Waals surface area contributed by atoms with Gasteiger partial charge in [-0.1, -0.05) is 127 Å². The third-order valence-corrected chi connectivity index (χ3v) is 8.68. The summed E-state index contributed by atoms with van der Waals surface area (Å²) in [6.07, 6.45) is 41.2. The predicted octanol–water partition coefficient (Wildman–Crippen LogP) is 10.9. The van der Waals surface area contributed by atoms with Crippen LogP contribution in [0.25, 0.3) is 0 Å². The molecule has 0 aromatic rings. The van der Waals surface area contributed by atoms with Gasteiger partial charge in [-0.25, -0.2) is 4.57 Å². The Balaban J connectivity index is 4.13. The number of hydrogen-bond acceptors (Lipinski definition) is 7. The second-order valence-electron chi connectivity index (χ2n) is 12.4. The number of ether oxygens (including phenoxy) is 2. The van der Waals surface area contributed by atoms with E-state index in [2.05, 4.69) is 62.5 Å². The summed E-state index contributed by atoms with van der Waals surface area (Å²) in [5.41, 5.74) is 5.35. The van der Waals surface area contributed by atoms with E-state index in [0.717, 1.165) is 83.5 Å². The fraction of sp³-hybridized carbons (Fsp3) is 0.769. The van der Waals surface area contributed by atoms with Crippen molar-refractivity contribution in [3.05, 3.63) is 48.6 Å². The molecule has 0 aromatic carbocycles. The summed E-state index contributed by atoms with van der Waals surface area (Å²) in [5.74, 6) is -0.351. The van der Waals surface area contributed by atoms with Gasteiger partial charge in [0.05, 0.1) is 19.8 Å². The molecular weight excluding hydrogens is 625 g/mol. The van der Waals surface area contributed by atoms with Crippen LogP contribution in [0.4, 0.5) is 0 Å². The van der Waals surface area contributed by atoms with Gasteiger partial charge in [0.15, 0.2) is 0 Å². The van der Waals surface area contributed by atoms with Crippen LogP contribution in [0, 0.1) is 0 Å². The van der Waals surface area contributed by atoms with Crippen molar-refractivity contribution < 1.29 is 32.8 Å². The van der Waals surface area contributed by atoms with Crippen LogP contribution in [-0.4, -0.2) is 49.9 Å². The van der Waals surface area contributed by atoms with Crippen molar-refractivity contribution in [2.45, 2.75) is 161 Å². The zero-order valence-electron chi connectivity index (χ0n) is 30.7. The molecule has 0 amide bonds. The number of nitrogens with two attached hydrogens (primary N) is 1. The van der Waals surface area contributed by atoms with Crippen molar-refractivity contribution in [1.29, 1.82) is 0 Å². The molecule has 280 valence electrons. The molecule has 0 fully saturated rings. The van der Waals surface area contributed by atoms with Crippen LogP contribution >= 0.6 is 7.82 Å². The van der Waals surface area contributed by atoms with Crippen LogP contribution in [0.15, 0.2) is 48.6 Å². The Morgan fingerprint density at radius 1 is 0.625 bits per heavy atom. The highest BCUT2D eigenvalue weighted by Gasteiger charge is 2.25. The molecule has 0 bridgehead atoms. The van der Waals surface area contributed by atoms with Crippen LogP contribution in [0.3, 0.4) is 0 Å². The molecule has 3 N–H and O–H groups in total. The summed E-state index contributed by atoms with van der Waals surface area (Å²) in [4.78, 5) is 22.4. The van der Waals surface area contributed by atoms with Crippen molar-refractivity contribution >= 4 is 13.8 Å². The molecule has 0 aromatic heterocycles. The summed E-state index contributed by atoms with van der Waals surface area (Å²) < 4.78 is 33.3. The normalized spacial score (nSPS) is 14.2. The Morgan fingerprint density at radius 2 is 1.15 bits per heavy atom. The molecule has 48 heavy (non-hydrogen) atoms. The minimum atomic E-state index is -4.28. The zero-order valence-corrected chi connectivity index (χ0v) is 31.6. The van der Waals surface area contributed by atoms with Gasteiger partial charge in [0, 0.05) is 19.6 Å². The second kappa shape index (κ2) is 36.7. The number of allylic oxidation sites excluding steroid dienone is 8. The summed E-state index contributed by atoms with van der Waals surface area (Å²) in [6, 6.07) is 0. The highest BCUT2D eigenvalue weighted by atomic mass is 31.2. The first-order chi connectivity index (χ1) is 23.4. The first-order valence-electron chi connectivity index (χ1n) is 19.1. The number of esters is 1. The molecule has 0 spiro atoms. The monoisotopic (exact) mass is 698 g/mol. The van der Waals surface area contributed by atoms with Gasteiger partial charge < -0.3 is 20.1 Å². The van der Waals surface area contributed by atoms with E-state index < -0.39 is 13.9 Å². The fourth-order valence-electron chi connectivity index (χ4n) is 4.89. The molecule has 0 aliphatic heterocycles. The van der Waals surface area contributed by atoms with E-state index in [1.807, 2.05) is 0 Å². The smallest absolute Gasteiger partial charge is 0.457 e.